The standard InChI is InChI=1S/C66H72N10O8/c77-59(67-29-33-71-63(81)55-21-17-47-9-1-5-13-51(47)43-55)25-37-75(38-26-60(78)68-30-34-72-64(82)56-22-18-48-10-2-6-14-52(48)44-56)41-42-76(39-27-61(79)69-31-35-73-65(83)57-23-19-49-11-3-7-15-53(49)45-57)40-28-62(80)70-32-36-74-66(84)58-24-20-50-12-4-8-16-54(50)46-58/h1-24,43-46H,25-42H2,(H,67,77)(H,68,78)(H,69,79)(H,70,80)(H,71,81)(H,72,82)(H,73,83)(H,74,84). The first kappa shape index (κ1) is 60.6. The number of hydrogen-bond acceptors (Lipinski definition) is 10. The number of hydrogen-bond donors (Lipinski definition) is 8. The Hall–Kier alpha value is -9.52. The SMILES string of the molecule is O=C(CCN(CCC(=O)NCCNC(=O)c1ccc2ccccc2c1)CCN(CCC(=O)NCCNC(=O)c1ccc2ccccc2c1)CCC(=O)NCCNC(=O)c1ccc2ccccc2c1)NCCNC(=O)c1ccc2ccccc2c1. The average Bonchev–Trinajstić information content (AvgIpc) is 3.64. The van der Waals surface area contributed by atoms with Crippen LogP contribution < -0.4 is 42.5 Å². The van der Waals surface area contributed by atoms with E-state index in [9.17, 15) is 38.4 Å². The van der Waals surface area contributed by atoms with Gasteiger partial charge in [0.05, 0.1) is 0 Å². The van der Waals surface area contributed by atoms with Gasteiger partial charge >= 0.3 is 0 Å². The van der Waals surface area contributed by atoms with Crippen molar-refractivity contribution >= 4 is 90.3 Å². The molecule has 0 fully saturated rings. The molecule has 0 saturated heterocycles. The Kier molecular flexibility index (Phi) is 22.8. The second-order valence-electron chi connectivity index (χ2n) is 20.4. The predicted molar refractivity (Wildman–Crippen MR) is 329 cm³/mol. The van der Waals surface area contributed by atoms with Gasteiger partial charge < -0.3 is 52.3 Å². The lowest BCUT2D eigenvalue weighted by Gasteiger charge is -2.27. The summed E-state index contributed by atoms with van der Waals surface area (Å²) in [6.07, 6.45) is 0.336. The zero-order valence-electron chi connectivity index (χ0n) is 47.1. The molecular formula is C66H72N10O8. The van der Waals surface area contributed by atoms with E-state index in [4.69, 9.17) is 0 Å². The number of fused-ring (bicyclic) bond motifs is 4. The predicted octanol–water partition coefficient (Wildman–Crippen LogP) is 5.95. The first-order valence-electron chi connectivity index (χ1n) is 28.5. The van der Waals surface area contributed by atoms with Crippen molar-refractivity contribution in [1.29, 1.82) is 0 Å². The van der Waals surface area contributed by atoms with Gasteiger partial charge in [0.25, 0.3) is 23.6 Å². The molecule has 0 aromatic heterocycles. The van der Waals surface area contributed by atoms with Crippen molar-refractivity contribution < 1.29 is 38.4 Å². The van der Waals surface area contributed by atoms with E-state index >= 15 is 0 Å². The van der Waals surface area contributed by atoms with Crippen molar-refractivity contribution in [3.8, 4) is 0 Å². The molecule has 0 spiro atoms. The molecular weight excluding hydrogens is 1060 g/mol. The van der Waals surface area contributed by atoms with Crippen LogP contribution in [0, 0.1) is 0 Å². The van der Waals surface area contributed by atoms with Crippen molar-refractivity contribution in [3.63, 3.8) is 0 Å². The Morgan fingerprint density at radius 3 is 0.667 bits per heavy atom. The summed E-state index contributed by atoms with van der Waals surface area (Å²) in [6, 6.07) is 53.0. The summed E-state index contributed by atoms with van der Waals surface area (Å²) in [5.41, 5.74) is 2.05. The molecule has 8 N–H and O–H groups in total. The molecule has 0 bridgehead atoms. The summed E-state index contributed by atoms with van der Waals surface area (Å²) < 4.78 is 0. The maximum absolute atomic E-state index is 13.3. The van der Waals surface area contributed by atoms with Crippen molar-refractivity contribution in [2.75, 3.05) is 91.6 Å². The van der Waals surface area contributed by atoms with E-state index in [2.05, 4.69) is 42.5 Å². The van der Waals surface area contributed by atoms with E-state index in [0.717, 1.165) is 43.1 Å². The van der Waals surface area contributed by atoms with Crippen LogP contribution in [-0.4, -0.2) is 149 Å². The van der Waals surface area contributed by atoms with Crippen molar-refractivity contribution in [3.05, 3.63) is 192 Å². The van der Waals surface area contributed by atoms with Crippen molar-refractivity contribution in [1.82, 2.24) is 52.3 Å². The van der Waals surface area contributed by atoms with Gasteiger partial charge in [-0.1, -0.05) is 121 Å². The number of rotatable bonds is 31. The number of amides is 8. The quantitative estimate of drug-likeness (QED) is 0.0238. The maximum atomic E-state index is 13.3. The zero-order valence-corrected chi connectivity index (χ0v) is 47.1. The van der Waals surface area contributed by atoms with E-state index in [1.807, 2.05) is 155 Å². The minimum atomic E-state index is -0.256. The van der Waals surface area contributed by atoms with E-state index < -0.39 is 0 Å². The van der Waals surface area contributed by atoms with Gasteiger partial charge in [-0.2, -0.15) is 0 Å². The fraction of sp³-hybridized carbons (Fsp3) is 0.273. The highest BCUT2D eigenvalue weighted by Gasteiger charge is 2.17. The van der Waals surface area contributed by atoms with Gasteiger partial charge in [0.1, 0.15) is 0 Å². The molecule has 0 heterocycles. The Labute approximate surface area is 488 Å². The number of carbonyl (C=O) groups is 8. The van der Waals surface area contributed by atoms with E-state index in [0.29, 0.717) is 35.3 Å². The zero-order chi connectivity index (χ0) is 58.9. The molecule has 8 aromatic carbocycles. The van der Waals surface area contributed by atoms with Crippen LogP contribution in [0.4, 0.5) is 0 Å². The van der Waals surface area contributed by atoms with Crippen LogP contribution in [0.15, 0.2) is 170 Å². The third kappa shape index (κ3) is 19.0. The molecule has 8 aromatic rings. The van der Waals surface area contributed by atoms with E-state index in [1.165, 1.54) is 0 Å². The maximum Gasteiger partial charge on any atom is 0.251 e. The highest BCUT2D eigenvalue weighted by molar-refractivity contribution is 6.01. The molecule has 434 valence electrons. The molecule has 8 amide bonds. The number of nitrogens with zero attached hydrogens (tertiary/aromatic N) is 2. The van der Waals surface area contributed by atoms with Gasteiger partial charge in [0.2, 0.25) is 23.6 Å². The Balaban J connectivity index is 0.834. The fourth-order valence-corrected chi connectivity index (χ4v) is 9.59. The first-order chi connectivity index (χ1) is 40.9. The Morgan fingerprint density at radius 2 is 0.440 bits per heavy atom. The highest BCUT2D eigenvalue weighted by atomic mass is 16.2. The molecule has 0 unspecified atom stereocenters. The lowest BCUT2D eigenvalue weighted by molar-refractivity contribution is -0.123. The molecule has 0 saturated carbocycles. The minimum absolute atomic E-state index is 0.0840. The van der Waals surface area contributed by atoms with Gasteiger partial charge in [-0.25, -0.2) is 0 Å². The summed E-state index contributed by atoms with van der Waals surface area (Å²) in [7, 11) is 0. The van der Waals surface area contributed by atoms with Gasteiger partial charge in [-0.3, -0.25) is 38.4 Å². The minimum Gasteiger partial charge on any atom is -0.354 e. The molecule has 0 aliphatic heterocycles. The van der Waals surface area contributed by atoms with Gasteiger partial charge in [-0.15, -0.1) is 0 Å². The Morgan fingerprint density at radius 1 is 0.238 bits per heavy atom. The number of carbonyl (C=O) groups excluding carboxylic acids is 8. The van der Waals surface area contributed by atoms with Crippen molar-refractivity contribution in [2.24, 2.45) is 0 Å². The third-order valence-corrected chi connectivity index (χ3v) is 14.3. The van der Waals surface area contributed by atoms with Crippen LogP contribution in [0.1, 0.15) is 67.1 Å². The van der Waals surface area contributed by atoms with Crippen LogP contribution >= 0.6 is 0 Å². The summed E-state index contributed by atoms with van der Waals surface area (Å²) >= 11 is 0. The van der Waals surface area contributed by atoms with Gasteiger partial charge in [-0.05, 0) is 91.6 Å². The smallest absolute Gasteiger partial charge is 0.251 e. The normalized spacial score (nSPS) is 11.1. The molecule has 18 nitrogen and oxygen atoms in total. The molecule has 8 rings (SSSR count). The molecule has 18 heteroatoms. The second kappa shape index (κ2) is 31.6. The van der Waals surface area contributed by atoms with E-state index in [1.54, 1.807) is 24.3 Å². The van der Waals surface area contributed by atoms with Gasteiger partial charge in [0, 0.05) is 140 Å². The highest BCUT2D eigenvalue weighted by Crippen LogP contribution is 2.19. The first-order valence-corrected chi connectivity index (χ1v) is 28.5. The number of nitrogens with one attached hydrogen (secondary N) is 8. The lowest BCUT2D eigenvalue weighted by Crippen LogP contribution is -2.42. The summed E-state index contributed by atoms with van der Waals surface area (Å²) in [5.74, 6) is -2.03. The summed E-state index contributed by atoms with van der Waals surface area (Å²) in [6.45, 7) is 3.46. The molecule has 0 radical (unpaired) electrons. The molecule has 0 atom stereocenters. The van der Waals surface area contributed by atoms with E-state index in [-0.39, 0.29) is 151 Å². The van der Waals surface area contributed by atoms with Crippen molar-refractivity contribution in [2.45, 2.75) is 25.7 Å². The largest absolute Gasteiger partial charge is 0.354 e. The summed E-state index contributed by atoms with van der Waals surface area (Å²) in [5, 5.41) is 30.8. The van der Waals surface area contributed by atoms with Crippen LogP contribution in [0.2, 0.25) is 0 Å². The molecule has 0 aliphatic carbocycles. The van der Waals surface area contributed by atoms with Crippen LogP contribution in [-0.2, 0) is 19.2 Å². The average molecular weight is 1130 g/mol. The van der Waals surface area contributed by atoms with Gasteiger partial charge in [0.15, 0.2) is 0 Å². The number of benzene rings is 8. The summed E-state index contributed by atoms with van der Waals surface area (Å²) in [4.78, 5) is 109. The second-order valence-corrected chi connectivity index (χ2v) is 20.4. The monoisotopic (exact) mass is 1130 g/mol. The van der Waals surface area contributed by atoms with Crippen LogP contribution in [0.3, 0.4) is 0 Å². The fourth-order valence-electron chi connectivity index (χ4n) is 9.59. The topological polar surface area (TPSA) is 239 Å². The molecule has 84 heavy (non-hydrogen) atoms. The third-order valence-electron chi connectivity index (χ3n) is 14.3. The molecule has 0 aliphatic rings. The van der Waals surface area contributed by atoms with Crippen LogP contribution in [0.25, 0.3) is 43.1 Å². The lowest BCUT2D eigenvalue weighted by atomic mass is 10.1. The van der Waals surface area contributed by atoms with Crippen LogP contribution in [0.5, 0.6) is 0 Å². The Bertz CT molecular complexity index is 3150.